The van der Waals surface area contributed by atoms with Crippen molar-refractivity contribution in [3.8, 4) is 0 Å². The van der Waals surface area contributed by atoms with E-state index in [2.05, 4.69) is 40.7 Å². The van der Waals surface area contributed by atoms with Gasteiger partial charge in [0.25, 0.3) is 0 Å². The Kier molecular flexibility index (Phi) is 4.03. The topological polar surface area (TPSA) is 18.5 Å². The lowest BCUT2D eigenvalue weighted by atomic mass is 9.76. The van der Waals surface area contributed by atoms with Crippen LogP contribution in [-0.4, -0.2) is 18.3 Å². The predicted octanol–water partition coefficient (Wildman–Crippen LogP) is 3.53. The molecule has 0 aliphatic carbocycles. The quantitative estimate of drug-likeness (QED) is 0.537. The van der Waals surface area contributed by atoms with E-state index in [0.29, 0.717) is 0 Å². The fourth-order valence-corrected chi connectivity index (χ4v) is 1.58. The Morgan fingerprint density at radius 2 is 1.62 bits per heavy atom. The van der Waals surface area contributed by atoms with Gasteiger partial charge in [0.15, 0.2) is 0 Å². The summed E-state index contributed by atoms with van der Waals surface area (Å²) in [4.78, 5) is 0. The van der Waals surface area contributed by atoms with E-state index in [1.54, 1.807) is 0 Å². The summed E-state index contributed by atoms with van der Waals surface area (Å²) >= 11 is 0. The molecule has 1 aliphatic rings. The molecule has 1 saturated heterocycles. The van der Waals surface area contributed by atoms with Crippen LogP contribution in [0.25, 0.3) is 0 Å². The summed E-state index contributed by atoms with van der Waals surface area (Å²) in [6.07, 6.45) is 7.08. The van der Waals surface area contributed by atoms with Gasteiger partial charge in [0, 0.05) is 0 Å². The third-order valence-corrected chi connectivity index (χ3v) is 3.47. The molecule has 16 heavy (non-hydrogen) atoms. The lowest BCUT2D eigenvalue weighted by Gasteiger charge is -2.32. The summed E-state index contributed by atoms with van der Waals surface area (Å²) in [5.41, 5.74) is 0.695. The van der Waals surface area contributed by atoms with Crippen LogP contribution in [0.2, 0.25) is 0 Å². The Balaban J connectivity index is 2.85. The van der Waals surface area contributed by atoms with Crippen molar-refractivity contribution in [1.29, 1.82) is 0 Å². The van der Waals surface area contributed by atoms with Crippen LogP contribution < -0.4 is 0 Å². The van der Waals surface area contributed by atoms with Crippen molar-refractivity contribution in [2.24, 2.45) is 0 Å². The molecule has 0 N–H and O–H groups in total. The lowest BCUT2D eigenvalue weighted by Crippen LogP contribution is -2.41. The van der Waals surface area contributed by atoms with E-state index in [0.717, 1.165) is 6.42 Å². The fraction of sp³-hybridized carbons (Fsp3) is 0.692. The van der Waals surface area contributed by atoms with Gasteiger partial charge in [-0.2, -0.15) is 0 Å². The molecule has 0 aromatic carbocycles. The van der Waals surface area contributed by atoms with Gasteiger partial charge in [-0.3, -0.25) is 0 Å². The second kappa shape index (κ2) is 4.76. The van der Waals surface area contributed by atoms with Gasteiger partial charge in [0.2, 0.25) is 0 Å². The van der Waals surface area contributed by atoms with E-state index >= 15 is 0 Å². The van der Waals surface area contributed by atoms with Crippen molar-refractivity contribution in [3.05, 3.63) is 23.7 Å². The summed E-state index contributed by atoms with van der Waals surface area (Å²) in [5.74, 6) is 0. The standard InChI is InChI=1S/C13H23BO2/c1-7-9-10-11(8-2)14-15-12(3,4)13(5,6)16-14/h7,9-10H,8H2,1-6H3/b9-7+,11-10-. The minimum absolute atomic E-state index is 0.203. The van der Waals surface area contributed by atoms with E-state index in [9.17, 15) is 0 Å². The minimum atomic E-state index is -0.248. The summed E-state index contributed by atoms with van der Waals surface area (Å²) in [6, 6.07) is 0. The van der Waals surface area contributed by atoms with Gasteiger partial charge in [-0.25, -0.2) is 0 Å². The van der Waals surface area contributed by atoms with E-state index in [1.165, 1.54) is 5.47 Å². The molecule has 0 radical (unpaired) electrons. The van der Waals surface area contributed by atoms with Crippen molar-refractivity contribution in [2.45, 2.75) is 59.2 Å². The second-order valence-electron chi connectivity index (χ2n) is 5.21. The van der Waals surface area contributed by atoms with Crippen LogP contribution >= 0.6 is 0 Å². The molecule has 2 nitrogen and oxygen atoms in total. The molecule has 0 unspecified atom stereocenters. The highest BCUT2D eigenvalue weighted by Crippen LogP contribution is 2.38. The molecule has 0 aromatic rings. The average Bonchev–Trinajstić information content (AvgIpc) is 2.37. The van der Waals surface area contributed by atoms with E-state index in [-0.39, 0.29) is 18.3 Å². The zero-order valence-electron chi connectivity index (χ0n) is 11.3. The maximum atomic E-state index is 5.99. The molecule has 1 rings (SSSR count). The maximum absolute atomic E-state index is 5.99. The normalized spacial score (nSPS) is 24.4. The maximum Gasteiger partial charge on any atom is 0.490 e. The van der Waals surface area contributed by atoms with Crippen molar-refractivity contribution < 1.29 is 9.31 Å². The Morgan fingerprint density at radius 3 is 2.00 bits per heavy atom. The first-order valence-electron chi connectivity index (χ1n) is 6.01. The van der Waals surface area contributed by atoms with Crippen LogP contribution in [0.4, 0.5) is 0 Å². The van der Waals surface area contributed by atoms with Gasteiger partial charge in [0.05, 0.1) is 11.2 Å². The van der Waals surface area contributed by atoms with Gasteiger partial charge in [0.1, 0.15) is 0 Å². The first-order chi connectivity index (χ1) is 7.34. The van der Waals surface area contributed by atoms with Crippen LogP contribution in [0.5, 0.6) is 0 Å². The van der Waals surface area contributed by atoms with Crippen LogP contribution in [0.1, 0.15) is 48.0 Å². The monoisotopic (exact) mass is 222 g/mol. The van der Waals surface area contributed by atoms with E-state index in [4.69, 9.17) is 9.31 Å². The second-order valence-corrected chi connectivity index (χ2v) is 5.21. The highest BCUT2D eigenvalue weighted by Gasteiger charge is 2.51. The highest BCUT2D eigenvalue weighted by molar-refractivity contribution is 6.54. The summed E-state index contributed by atoms with van der Waals surface area (Å²) in [7, 11) is -0.203. The summed E-state index contributed by atoms with van der Waals surface area (Å²) in [5, 5.41) is 0. The largest absolute Gasteiger partial charge is 0.490 e. The number of hydrogen-bond acceptors (Lipinski definition) is 2. The lowest BCUT2D eigenvalue weighted by molar-refractivity contribution is 0.00578. The molecule has 1 heterocycles. The molecule has 0 aromatic heterocycles. The Hall–Kier alpha value is -0.535. The molecule has 1 fully saturated rings. The SMILES string of the molecule is C/C=C/C=C(/CC)B1OC(C)(C)C(C)(C)O1. The zero-order chi connectivity index (χ0) is 12.4. The fourth-order valence-electron chi connectivity index (χ4n) is 1.58. The molecule has 0 atom stereocenters. The van der Waals surface area contributed by atoms with Gasteiger partial charge in [-0.15, -0.1) is 0 Å². The number of allylic oxidation sites excluding steroid dienone is 4. The summed E-state index contributed by atoms with van der Waals surface area (Å²) < 4.78 is 12.0. The van der Waals surface area contributed by atoms with Crippen molar-refractivity contribution in [1.82, 2.24) is 0 Å². The van der Waals surface area contributed by atoms with Crippen molar-refractivity contribution >= 4 is 7.12 Å². The van der Waals surface area contributed by atoms with Crippen LogP contribution in [0.3, 0.4) is 0 Å². The third kappa shape index (κ3) is 2.58. The van der Waals surface area contributed by atoms with Crippen molar-refractivity contribution in [3.63, 3.8) is 0 Å². The van der Waals surface area contributed by atoms with Crippen LogP contribution in [0, 0.1) is 0 Å². The molecule has 0 saturated carbocycles. The zero-order valence-corrected chi connectivity index (χ0v) is 11.3. The molecule has 3 heteroatoms. The molecule has 0 amide bonds. The molecule has 90 valence electrons. The summed E-state index contributed by atoms with van der Waals surface area (Å²) in [6.45, 7) is 12.5. The van der Waals surface area contributed by atoms with Gasteiger partial charge in [-0.05, 0) is 46.5 Å². The van der Waals surface area contributed by atoms with Gasteiger partial charge in [-0.1, -0.05) is 25.2 Å². The molecule has 1 aliphatic heterocycles. The van der Waals surface area contributed by atoms with E-state index in [1.807, 2.05) is 19.1 Å². The Bertz CT molecular complexity index is 287. The van der Waals surface area contributed by atoms with E-state index < -0.39 is 0 Å². The number of rotatable bonds is 3. The van der Waals surface area contributed by atoms with Crippen LogP contribution in [-0.2, 0) is 9.31 Å². The molecule has 0 bridgehead atoms. The first kappa shape index (κ1) is 13.5. The Morgan fingerprint density at radius 1 is 1.12 bits per heavy atom. The van der Waals surface area contributed by atoms with Crippen molar-refractivity contribution in [2.75, 3.05) is 0 Å². The predicted molar refractivity (Wildman–Crippen MR) is 69.3 cm³/mol. The van der Waals surface area contributed by atoms with Crippen LogP contribution in [0.15, 0.2) is 23.7 Å². The Labute approximate surface area is 99.9 Å². The molecule has 0 spiro atoms. The van der Waals surface area contributed by atoms with Gasteiger partial charge >= 0.3 is 7.12 Å². The average molecular weight is 222 g/mol. The first-order valence-corrected chi connectivity index (χ1v) is 6.01. The van der Waals surface area contributed by atoms with Gasteiger partial charge < -0.3 is 9.31 Å². The highest BCUT2D eigenvalue weighted by atomic mass is 16.7. The third-order valence-electron chi connectivity index (χ3n) is 3.47. The smallest absolute Gasteiger partial charge is 0.400 e. The molecular weight excluding hydrogens is 199 g/mol. The molecular formula is C13H23BO2. The minimum Gasteiger partial charge on any atom is -0.400 e. The number of hydrogen-bond donors (Lipinski definition) is 0.